The van der Waals surface area contributed by atoms with Gasteiger partial charge in [-0.15, -0.1) is 11.6 Å². The summed E-state index contributed by atoms with van der Waals surface area (Å²) in [6.07, 6.45) is 15.8. The van der Waals surface area contributed by atoms with Crippen LogP contribution in [0.25, 0.3) is 0 Å². The number of nitrogens with zero attached hydrogens (tertiary/aromatic N) is 2. The molecule has 0 saturated carbocycles. The smallest absolute Gasteiger partial charge is 0.154 e. The van der Waals surface area contributed by atoms with Crippen LogP contribution in [0.15, 0.2) is 40.9 Å². The highest BCUT2D eigenvalue weighted by Gasteiger charge is 2.38. The summed E-state index contributed by atoms with van der Waals surface area (Å²) in [5.74, 6) is 1.19. The summed E-state index contributed by atoms with van der Waals surface area (Å²) in [6.45, 7) is 12.9. The molecule has 166 valence electrons. The van der Waals surface area contributed by atoms with Crippen LogP contribution in [0.2, 0.25) is 0 Å². The lowest BCUT2D eigenvalue weighted by Gasteiger charge is -2.46. The predicted molar refractivity (Wildman–Crippen MR) is 128 cm³/mol. The molecule has 0 aromatic rings. The molecule has 4 unspecified atom stereocenters. The number of piperidine rings is 1. The van der Waals surface area contributed by atoms with Crippen molar-refractivity contribution in [1.29, 1.82) is 0 Å². The molecular weight excluding hydrogens is 392 g/mol. The molecule has 2 N–H and O–H groups in total. The highest BCUT2D eigenvalue weighted by atomic mass is 35.5. The lowest BCUT2D eigenvalue weighted by molar-refractivity contribution is 0.0613. The zero-order chi connectivity index (χ0) is 21.3. The van der Waals surface area contributed by atoms with E-state index in [4.69, 9.17) is 16.6 Å². The van der Waals surface area contributed by atoms with Crippen molar-refractivity contribution >= 4 is 17.3 Å². The molecule has 0 amide bonds. The first-order valence-electron chi connectivity index (χ1n) is 11.8. The molecule has 1 saturated heterocycles. The molecule has 2 aliphatic heterocycles. The maximum atomic E-state index is 6.25. The summed E-state index contributed by atoms with van der Waals surface area (Å²) < 4.78 is 0. The summed E-state index contributed by atoms with van der Waals surface area (Å²) >= 11 is 6.25. The molecule has 0 bridgehead atoms. The number of alkyl halides is 1. The second-order valence-corrected chi connectivity index (χ2v) is 11.1. The van der Waals surface area contributed by atoms with Crippen LogP contribution >= 0.6 is 11.6 Å². The third kappa shape index (κ3) is 5.09. The van der Waals surface area contributed by atoms with Gasteiger partial charge in [0.2, 0.25) is 0 Å². The quantitative estimate of drug-likeness (QED) is 0.610. The molecule has 4 nitrogen and oxygen atoms in total. The Morgan fingerprint density at radius 1 is 1.30 bits per heavy atom. The average Bonchev–Trinajstić information content (AvgIpc) is 3.10. The Bertz CT molecular complexity index is 735. The van der Waals surface area contributed by atoms with Gasteiger partial charge in [0.1, 0.15) is 0 Å². The van der Waals surface area contributed by atoms with E-state index in [1.165, 1.54) is 17.7 Å². The molecule has 0 radical (unpaired) electrons. The Hall–Kier alpha value is -0.940. The summed E-state index contributed by atoms with van der Waals surface area (Å²) in [7, 11) is 0. The Balaban J connectivity index is 1.35. The van der Waals surface area contributed by atoms with Gasteiger partial charge in [-0.2, -0.15) is 0 Å². The van der Waals surface area contributed by atoms with Gasteiger partial charge in [0.05, 0.1) is 17.1 Å². The van der Waals surface area contributed by atoms with Gasteiger partial charge in [-0.3, -0.25) is 15.6 Å². The molecule has 2 aliphatic carbocycles. The minimum Gasteiger partial charge on any atom is -0.301 e. The standard InChI is InChI=1S/C25H39ClN4/c1-17(2)23(29-24-27-21-7-5-6-8-22(21)28-24)15-30-14-13-20(25(3,4)16-30)18-9-11-19(26)12-10-18/h5,7,9-11,17,19-20,22-24,28-29H,6,8,12-16H2,1-4H3/t19?,20?,22?,23-,24?/m0/s1. The maximum absolute atomic E-state index is 6.25. The van der Waals surface area contributed by atoms with E-state index in [9.17, 15) is 0 Å². The fourth-order valence-electron chi connectivity index (χ4n) is 5.54. The first-order chi connectivity index (χ1) is 14.3. The molecule has 30 heavy (non-hydrogen) atoms. The van der Waals surface area contributed by atoms with Crippen LogP contribution in [-0.4, -0.2) is 54.0 Å². The van der Waals surface area contributed by atoms with E-state index >= 15 is 0 Å². The third-order valence-corrected chi connectivity index (χ3v) is 7.65. The van der Waals surface area contributed by atoms with Crippen molar-refractivity contribution < 1.29 is 0 Å². The van der Waals surface area contributed by atoms with Crippen LogP contribution in [0.4, 0.5) is 0 Å². The highest BCUT2D eigenvalue weighted by Crippen LogP contribution is 2.41. The van der Waals surface area contributed by atoms with Gasteiger partial charge < -0.3 is 4.90 Å². The number of nitrogens with one attached hydrogen (secondary N) is 2. The molecule has 5 heteroatoms. The summed E-state index contributed by atoms with van der Waals surface area (Å²) in [6, 6.07) is 0.855. The SMILES string of the molecule is CC(C)[C@H](CN1CCC(C2=CCC(Cl)C=C2)C(C)(C)C1)NC1N=C2C=CCCC2N1. The van der Waals surface area contributed by atoms with Crippen LogP contribution in [0.5, 0.6) is 0 Å². The first kappa shape index (κ1) is 22.3. The number of aliphatic imine (C=N–C) groups is 1. The summed E-state index contributed by atoms with van der Waals surface area (Å²) in [5.41, 5.74) is 2.98. The van der Waals surface area contributed by atoms with Gasteiger partial charge in [0, 0.05) is 19.1 Å². The number of fused-ring (bicyclic) bond motifs is 1. The molecular formula is C25H39ClN4. The molecule has 5 atom stereocenters. The second-order valence-electron chi connectivity index (χ2n) is 10.6. The van der Waals surface area contributed by atoms with Crippen molar-refractivity contribution in [3.63, 3.8) is 0 Å². The zero-order valence-electron chi connectivity index (χ0n) is 19.1. The largest absolute Gasteiger partial charge is 0.301 e. The van der Waals surface area contributed by atoms with E-state index in [2.05, 4.69) is 73.6 Å². The van der Waals surface area contributed by atoms with Crippen LogP contribution in [0.1, 0.15) is 53.4 Å². The van der Waals surface area contributed by atoms with Gasteiger partial charge in [0.25, 0.3) is 0 Å². The fourth-order valence-corrected chi connectivity index (χ4v) is 5.70. The third-order valence-electron chi connectivity index (χ3n) is 7.32. The topological polar surface area (TPSA) is 39.7 Å². The van der Waals surface area contributed by atoms with Crippen molar-refractivity contribution in [3.05, 3.63) is 36.0 Å². The second kappa shape index (κ2) is 9.28. The van der Waals surface area contributed by atoms with Gasteiger partial charge in [-0.05, 0) is 61.1 Å². The number of hydrogen-bond acceptors (Lipinski definition) is 4. The first-order valence-corrected chi connectivity index (χ1v) is 12.3. The van der Waals surface area contributed by atoms with Crippen molar-refractivity contribution in [2.75, 3.05) is 19.6 Å². The minimum absolute atomic E-state index is 0.0479. The number of halogens is 1. The van der Waals surface area contributed by atoms with Crippen LogP contribution in [-0.2, 0) is 0 Å². The molecule has 0 spiro atoms. The van der Waals surface area contributed by atoms with Gasteiger partial charge in [-0.1, -0.05) is 52.0 Å². The molecule has 1 fully saturated rings. The number of rotatable bonds is 6. The maximum Gasteiger partial charge on any atom is 0.154 e. The van der Waals surface area contributed by atoms with E-state index in [1.54, 1.807) is 0 Å². The Labute approximate surface area is 187 Å². The molecule has 0 aromatic heterocycles. The molecule has 4 aliphatic rings. The number of hydrogen-bond donors (Lipinski definition) is 2. The fraction of sp³-hybridized carbons (Fsp3) is 0.720. The number of likely N-dealkylation sites (tertiary alicyclic amines) is 1. The van der Waals surface area contributed by atoms with E-state index in [0.717, 1.165) is 38.9 Å². The van der Waals surface area contributed by atoms with Gasteiger partial charge in [-0.25, -0.2) is 0 Å². The van der Waals surface area contributed by atoms with Crippen LogP contribution in [0, 0.1) is 17.3 Å². The normalized spacial score (nSPS) is 34.6. The highest BCUT2D eigenvalue weighted by molar-refractivity contribution is 6.22. The number of allylic oxidation sites excluding steroid dienone is 5. The molecule has 4 rings (SSSR count). The van der Waals surface area contributed by atoms with Gasteiger partial charge in [0.15, 0.2) is 6.29 Å². The lowest BCUT2D eigenvalue weighted by Crippen LogP contribution is -2.55. The van der Waals surface area contributed by atoms with Crippen LogP contribution in [0.3, 0.4) is 0 Å². The average molecular weight is 431 g/mol. The zero-order valence-corrected chi connectivity index (χ0v) is 19.8. The van der Waals surface area contributed by atoms with Gasteiger partial charge >= 0.3 is 0 Å². The van der Waals surface area contributed by atoms with Crippen LogP contribution < -0.4 is 10.6 Å². The molecule has 0 aromatic carbocycles. The minimum atomic E-state index is 0.0479. The summed E-state index contributed by atoms with van der Waals surface area (Å²) in [4.78, 5) is 7.56. The lowest BCUT2D eigenvalue weighted by atomic mass is 9.69. The van der Waals surface area contributed by atoms with Crippen molar-refractivity contribution in [3.8, 4) is 0 Å². The van der Waals surface area contributed by atoms with E-state index < -0.39 is 0 Å². The van der Waals surface area contributed by atoms with E-state index in [0.29, 0.717) is 23.9 Å². The van der Waals surface area contributed by atoms with E-state index in [1.807, 2.05) is 0 Å². The van der Waals surface area contributed by atoms with Crippen molar-refractivity contribution in [2.45, 2.75) is 77.1 Å². The van der Waals surface area contributed by atoms with Crippen molar-refractivity contribution in [2.24, 2.45) is 22.2 Å². The monoisotopic (exact) mass is 430 g/mol. The van der Waals surface area contributed by atoms with E-state index in [-0.39, 0.29) is 17.1 Å². The Morgan fingerprint density at radius 2 is 2.13 bits per heavy atom. The molecule has 2 heterocycles. The summed E-state index contributed by atoms with van der Waals surface area (Å²) in [5, 5.41) is 7.66. The predicted octanol–water partition coefficient (Wildman–Crippen LogP) is 4.49. The van der Waals surface area contributed by atoms with Crippen molar-refractivity contribution in [1.82, 2.24) is 15.5 Å². The Kier molecular flexibility index (Phi) is 6.88. The Morgan fingerprint density at radius 3 is 2.80 bits per heavy atom.